The third kappa shape index (κ3) is 35.0. The fourth-order valence-electron chi connectivity index (χ4n) is 6.10. The highest BCUT2D eigenvalue weighted by Gasteiger charge is 2.25. The Labute approximate surface area is 331 Å². The Morgan fingerprint density at radius 2 is 1.07 bits per heavy atom. The van der Waals surface area contributed by atoms with Crippen LogP contribution >= 0.6 is 0 Å². The SMILES string of the molecule is CC/C=C/C/C=C/CCC(=O)OC(COCCC(C(=O)[O-])[N+](C)(C)C)COC(=O)CCCCCCCCC/C=C/C/C=C/CCCCCCCCCCC. The zero-order valence-electron chi connectivity index (χ0n) is 35.4. The predicted octanol–water partition coefficient (Wildman–Crippen LogP) is 10.3. The molecule has 0 aliphatic carbocycles. The molecule has 0 amide bonds. The van der Waals surface area contributed by atoms with E-state index in [9.17, 15) is 19.5 Å². The maximum Gasteiger partial charge on any atom is 0.306 e. The van der Waals surface area contributed by atoms with Gasteiger partial charge in [0.15, 0.2) is 6.10 Å². The lowest BCUT2D eigenvalue weighted by atomic mass is 10.1. The van der Waals surface area contributed by atoms with Gasteiger partial charge in [0.05, 0.1) is 40.3 Å². The summed E-state index contributed by atoms with van der Waals surface area (Å²) in [5.41, 5.74) is 0. The molecule has 0 fully saturated rings. The lowest BCUT2D eigenvalue weighted by molar-refractivity contribution is -0.889. The molecule has 0 aromatic rings. The highest BCUT2D eigenvalue weighted by atomic mass is 16.6. The van der Waals surface area contributed by atoms with Crippen molar-refractivity contribution in [2.75, 3.05) is 41.0 Å². The number of esters is 2. The van der Waals surface area contributed by atoms with Gasteiger partial charge in [0.2, 0.25) is 0 Å². The molecular weight excluding hydrogens is 679 g/mol. The van der Waals surface area contributed by atoms with Crippen LogP contribution in [0.1, 0.15) is 174 Å². The molecule has 0 N–H and O–H groups in total. The van der Waals surface area contributed by atoms with E-state index in [1.54, 1.807) is 21.1 Å². The Morgan fingerprint density at radius 3 is 1.59 bits per heavy atom. The number of hydrogen-bond donors (Lipinski definition) is 0. The van der Waals surface area contributed by atoms with E-state index in [2.05, 4.69) is 50.3 Å². The van der Waals surface area contributed by atoms with Crippen molar-refractivity contribution >= 4 is 17.9 Å². The molecule has 0 radical (unpaired) electrons. The summed E-state index contributed by atoms with van der Waals surface area (Å²) in [7, 11) is 5.37. The summed E-state index contributed by atoms with van der Waals surface area (Å²) in [4.78, 5) is 36.6. The van der Waals surface area contributed by atoms with E-state index < -0.39 is 24.1 Å². The Hall–Kier alpha value is -2.71. The van der Waals surface area contributed by atoms with Crippen LogP contribution in [0.3, 0.4) is 0 Å². The van der Waals surface area contributed by atoms with Crippen LogP contribution in [0.5, 0.6) is 0 Å². The van der Waals surface area contributed by atoms with Gasteiger partial charge in [-0.15, -0.1) is 0 Å². The summed E-state index contributed by atoms with van der Waals surface area (Å²) in [6.45, 7) is 4.43. The largest absolute Gasteiger partial charge is 0.544 e. The molecule has 54 heavy (non-hydrogen) atoms. The Morgan fingerprint density at radius 1 is 0.574 bits per heavy atom. The number of allylic oxidation sites excluding steroid dienone is 8. The molecule has 0 aromatic carbocycles. The molecule has 8 heteroatoms. The average Bonchev–Trinajstić information content (AvgIpc) is 3.12. The van der Waals surface area contributed by atoms with Gasteiger partial charge >= 0.3 is 11.9 Å². The Kier molecular flexibility index (Phi) is 35.4. The van der Waals surface area contributed by atoms with Crippen molar-refractivity contribution in [2.45, 2.75) is 187 Å². The maximum absolute atomic E-state index is 12.5. The molecule has 0 aliphatic rings. The van der Waals surface area contributed by atoms with Gasteiger partial charge in [-0.2, -0.15) is 0 Å². The fourth-order valence-corrected chi connectivity index (χ4v) is 6.10. The summed E-state index contributed by atoms with van der Waals surface area (Å²) < 4.78 is 17.0. The zero-order valence-corrected chi connectivity index (χ0v) is 35.4. The first-order chi connectivity index (χ1) is 26.1. The molecule has 0 aromatic heterocycles. The van der Waals surface area contributed by atoms with Gasteiger partial charge in [0, 0.05) is 19.3 Å². The maximum atomic E-state index is 12.5. The van der Waals surface area contributed by atoms with Crippen LogP contribution in [0, 0.1) is 0 Å². The summed E-state index contributed by atoms with van der Waals surface area (Å²) in [6.07, 6.45) is 43.4. The van der Waals surface area contributed by atoms with Crippen LogP contribution in [-0.2, 0) is 28.6 Å². The minimum atomic E-state index is -1.14. The summed E-state index contributed by atoms with van der Waals surface area (Å²) >= 11 is 0. The van der Waals surface area contributed by atoms with Gasteiger partial charge in [-0.25, -0.2) is 0 Å². The average molecular weight is 760 g/mol. The van der Waals surface area contributed by atoms with Gasteiger partial charge in [-0.3, -0.25) is 9.59 Å². The highest BCUT2D eigenvalue weighted by molar-refractivity contribution is 5.70. The third-order valence-electron chi connectivity index (χ3n) is 9.46. The zero-order chi connectivity index (χ0) is 40.0. The smallest absolute Gasteiger partial charge is 0.306 e. The van der Waals surface area contributed by atoms with E-state index in [0.29, 0.717) is 12.8 Å². The van der Waals surface area contributed by atoms with Crippen LogP contribution in [0.25, 0.3) is 0 Å². The number of hydrogen-bond acceptors (Lipinski definition) is 7. The number of ether oxygens (including phenoxy) is 3. The first-order valence-electron chi connectivity index (χ1n) is 21.7. The van der Waals surface area contributed by atoms with E-state index in [0.717, 1.165) is 44.9 Å². The summed E-state index contributed by atoms with van der Waals surface area (Å²) in [6, 6.07) is -0.735. The Bertz CT molecular complexity index is 1030. The monoisotopic (exact) mass is 760 g/mol. The van der Waals surface area contributed by atoms with Crippen LogP contribution in [0.4, 0.5) is 0 Å². The standard InChI is InChI=1S/C46H81NO7/c1-6-8-10-12-14-15-16-17-18-19-20-21-22-23-24-25-26-27-28-29-31-32-34-36-44(48)53-41-42(40-52-39-38-43(46(50)51)47(3,4)5)54-45(49)37-35-33-30-13-11-9-7-2/h9,11,20-21,23-24,30,33,42-43H,6-8,10,12-19,22,25-29,31-32,34-41H2,1-5H3/b11-9+,21-20+,24-23+,33-30+. The molecule has 2 unspecified atom stereocenters. The number of carbonyl (C=O) groups excluding carboxylic acids is 3. The molecule has 312 valence electrons. The molecule has 0 saturated carbocycles. The van der Waals surface area contributed by atoms with Crippen LogP contribution in [0.2, 0.25) is 0 Å². The van der Waals surface area contributed by atoms with Crippen molar-refractivity contribution in [1.29, 1.82) is 0 Å². The van der Waals surface area contributed by atoms with Gasteiger partial charge in [-0.05, 0) is 57.8 Å². The van der Waals surface area contributed by atoms with E-state index >= 15 is 0 Å². The van der Waals surface area contributed by atoms with E-state index in [-0.39, 0.29) is 43.1 Å². The van der Waals surface area contributed by atoms with Gasteiger partial charge in [0.1, 0.15) is 12.6 Å². The van der Waals surface area contributed by atoms with Crippen molar-refractivity contribution in [3.8, 4) is 0 Å². The molecule has 0 heterocycles. The molecule has 0 aliphatic heterocycles. The molecule has 0 bridgehead atoms. The van der Waals surface area contributed by atoms with Crippen molar-refractivity contribution in [2.24, 2.45) is 0 Å². The van der Waals surface area contributed by atoms with Crippen LogP contribution in [-0.4, -0.2) is 75.5 Å². The highest BCUT2D eigenvalue weighted by Crippen LogP contribution is 2.13. The van der Waals surface area contributed by atoms with E-state index in [1.165, 1.54) is 89.9 Å². The second kappa shape index (κ2) is 37.2. The van der Waals surface area contributed by atoms with Crippen molar-refractivity contribution in [3.05, 3.63) is 48.6 Å². The first-order valence-corrected chi connectivity index (χ1v) is 21.7. The lowest BCUT2D eigenvalue weighted by Gasteiger charge is -2.34. The second-order valence-electron chi connectivity index (χ2n) is 15.5. The first kappa shape index (κ1) is 51.3. The van der Waals surface area contributed by atoms with Crippen molar-refractivity contribution in [1.82, 2.24) is 0 Å². The molecular formula is C46H81NO7. The van der Waals surface area contributed by atoms with Crippen LogP contribution < -0.4 is 5.11 Å². The van der Waals surface area contributed by atoms with E-state index in [4.69, 9.17) is 14.2 Å². The van der Waals surface area contributed by atoms with Crippen molar-refractivity contribution < 1.29 is 38.2 Å². The molecule has 0 saturated heterocycles. The lowest BCUT2D eigenvalue weighted by Crippen LogP contribution is -2.55. The van der Waals surface area contributed by atoms with Crippen molar-refractivity contribution in [3.63, 3.8) is 0 Å². The number of carboxylic acids is 1. The van der Waals surface area contributed by atoms with Gasteiger partial charge in [0.25, 0.3) is 0 Å². The number of aliphatic carboxylic acids is 1. The normalized spacial score (nSPS) is 13.4. The molecule has 8 nitrogen and oxygen atoms in total. The summed E-state index contributed by atoms with van der Waals surface area (Å²) in [5.74, 6) is -1.84. The summed E-state index contributed by atoms with van der Waals surface area (Å²) in [5, 5.41) is 11.6. The number of unbranched alkanes of at least 4 members (excludes halogenated alkanes) is 16. The Balaban J connectivity index is 4.17. The molecule has 2 atom stereocenters. The molecule has 0 spiro atoms. The fraction of sp³-hybridized carbons (Fsp3) is 0.761. The number of carboxylic acid groups (broad SMARTS) is 1. The number of quaternary nitrogens is 1. The predicted molar refractivity (Wildman–Crippen MR) is 222 cm³/mol. The number of carbonyl (C=O) groups is 3. The minimum Gasteiger partial charge on any atom is -0.544 e. The second-order valence-corrected chi connectivity index (χ2v) is 15.5. The van der Waals surface area contributed by atoms with Gasteiger partial charge in [-0.1, -0.05) is 146 Å². The van der Waals surface area contributed by atoms with Crippen LogP contribution in [0.15, 0.2) is 48.6 Å². The van der Waals surface area contributed by atoms with E-state index in [1.807, 2.05) is 12.2 Å². The number of likely N-dealkylation sites (N-methyl/N-ethyl adjacent to an activating group) is 1. The quantitative estimate of drug-likeness (QED) is 0.0267. The number of rotatable bonds is 38. The minimum absolute atomic E-state index is 0.0138. The topological polar surface area (TPSA) is 102 Å². The van der Waals surface area contributed by atoms with Gasteiger partial charge < -0.3 is 28.6 Å². The molecule has 0 rings (SSSR count). The third-order valence-corrected chi connectivity index (χ3v) is 9.46. The number of nitrogens with zero attached hydrogens (tertiary/aromatic N) is 1.